The highest BCUT2D eigenvalue weighted by molar-refractivity contribution is 7.87. The number of methoxy groups -OCH3 is 1. The molecule has 4 aromatic carbocycles. The van der Waals surface area contributed by atoms with Gasteiger partial charge >= 0.3 is 10.1 Å². The summed E-state index contributed by atoms with van der Waals surface area (Å²) >= 11 is 5.22. The highest BCUT2D eigenvalue weighted by Gasteiger charge is 2.34. The molecular formula is C28H20N2O6S2. The molecule has 0 aliphatic carbocycles. The van der Waals surface area contributed by atoms with Gasteiger partial charge in [0.15, 0.2) is 5.11 Å². The summed E-state index contributed by atoms with van der Waals surface area (Å²) in [5.41, 5.74) is 0.822. The second-order valence-electron chi connectivity index (χ2n) is 8.27. The minimum Gasteiger partial charge on any atom is -0.497 e. The Kier molecular flexibility index (Phi) is 6.66. The van der Waals surface area contributed by atoms with Crippen LogP contribution < -0.4 is 19.1 Å². The van der Waals surface area contributed by atoms with Crippen molar-refractivity contribution in [3.8, 4) is 11.5 Å². The number of rotatable bonds is 6. The third-order valence-electron chi connectivity index (χ3n) is 5.84. The maximum absolute atomic E-state index is 13.2. The second-order valence-corrected chi connectivity index (χ2v) is 10.2. The molecule has 0 saturated carbocycles. The Bertz CT molecular complexity index is 1710. The number of amides is 2. The van der Waals surface area contributed by atoms with Crippen molar-refractivity contribution >= 4 is 61.8 Å². The van der Waals surface area contributed by atoms with E-state index in [1.54, 1.807) is 48.5 Å². The van der Waals surface area contributed by atoms with Crippen LogP contribution in [0.5, 0.6) is 11.5 Å². The number of anilines is 1. The van der Waals surface area contributed by atoms with Crippen molar-refractivity contribution in [2.75, 3.05) is 12.0 Å². The molecule has 1 aliphatic rings. The predicted octanol–water partition coefficient (Wildman–Crippen LogP) is 4.45. The number of carbonyl (C=O) groups excluding carboxylic acids is 2. The second kappa shape index (κ2) is 10.1. The molecule has 0 atom stereocenters. The van der Waals surface area contributed by atoms with E-state index in [0.29, 0.717) is 17.0 Å². The molecule has 0 spiro atoms. The zero-order valence-electron chi connectivity index (χ0n) is 20.0. The summed E-state index contributed by atoms with van der Waals surface area (Å²) in [6.45, 7) is 0. The summed E-state index contributed by atoms with van der Waals surface area (Å²) in [6.07, 6.45) is 1.40. The van der Waals surface area contributed by atoms with Gasteiger partial charge in [-0.25, -0.2) is 0 Å². The summed E-state index contributed by atoms with van der Waals surface area (Å²) in [5, 5.41) is 4.18. The summed E-state index contributed by atoms with van der Waals surface area (Å²) in [6, 6.07) is 24.8. The van der Waals surface area contributed by atoms with E-state index in [-0.39, 0.29) is 21.3 Å². The average Bonchev–Trinajstić information content (AvgIpc) is 2.92. The summed E-state index contributed by atoms with van der Waals surface area (Å²) in [5.74, 6) is -0.540. The van der Waals surface area contributed by atoms with Gasteiger partial charge in [0.1, 0.15) is 22.0 Å². The Labute approximate surface area is 224 Å². The van der Waals surface area contributed by atoms with Gasteiger partial charge < -0.3 is 8.92 Å². The molecule has 0 bridgehead atoms. The van der Waals surface area contributed by atoms with Gasteiger partial charge in [0, 0.05) is 0 Å². The number of benzene rings is 4. The first kappa shape index (κ1) is 25.1. The minimum atomic E-state index is -4.08. The van der Waals surface area contributed by atoms with Gasteiger partial charge in [-0.1, -0.05) is 42.5 Å². The van der Waals surface area contributed by atoms with E-state index in [2.05, 4.69) is 5.32 Å². The van der Waals surface area contributed by atoms with Crippen molar-refractivity contribution in [2.45, 2.75) is 4.90 Å². The van der Waals surface area contributed by atoms with Crippen LogP contribution in [0.25, 0.3) is 16.8 Å². The van der Waals surface area contributed by atoms with Crippen LogP contribution in [0.1, 0.15) is 5.56 Å². The highest BCUT2D eigenvalue weighted by Crippen LogP contribution is 2.26. The van der Waals surface area contributed by atoms with Crippen LogP contribution >= 0.6 is 12.2 Å². The Morgan fingerprint density at radius 1 is 0.842 bits per heavy atom. The Morgan fingerprint density at radius 3 is 2.18 bits per heavy atom. The van der Waals surface area contributed by atoms with E-state index < -0.39 is 21.9 Å². The van der Waals surface area contributed by atoms with Crippen LogP contribution in [0.2, 0.25) is 0 Å². The Morgan fingerprint density at radius 2 is 1.50 bits per heavy atom. The molecule has 2 amide bonds. The largest absolute Gasteiger partial charge is 0.497 e. The van der Waals surface area contributed by atoms with E-state index >= 15 is 0 Å². The van der Waals surface area contributed by atoms with Gasteiger partial charge in [0.05, 0.1) is 12.8 Å². The van der Waals surface area contributed by atoms with Gasteiger partial charge in [0.2, 0.25) is 0 Å². The van der Waals surface area contributed by atoms with Crippen molar-refractivity contribution in [1.82, 2.24) is 5.32 Å². The van der Waals surface area contributed by atoms with E-state index in [0.717, 1.165) is 10.8 Å². The lowest BCUT2D eigenvalue weighted by atomic mass is 10.1. The fraction of sp³-hybridized carbons (Fsp3) is 0.0357. The normalized spacial score (nSPS) is 15.0. The summed E-state index contributed by atoms with van der Waals surface area (Å²) in [4.78, 5) is 27.0. The molecule has 1 heterocycles. The fourth-order valence-corrected chi connectivity index (χ4v) is 5.15. The van der Waals surface area contributed by atoms with Gasteiger partial charge in [-0.2, -0.15) is 8.42 Å². The van der Waals surface area contributed by atoms with Crippen molar-refractivity contribution < 1.29 is 26.9 Å². The third-order valence-corrected chi connectivity index (χ3v) is 7.37. The molecule has 1 fully saturated rings. The topological polar surface area (TPSA) is 102 Å². The Balaban J connectivity index is 1.37. The lowest BCUT2D eigenvalue weighted by molar-refractivity contribution is -0.122. The first-order valence-electron chi connectivity index (χ1n) is 11.3. The molecule has 5 rings (SSSR count). The number of nitrogens with one attached hydrogen (secondary N) is 1. The van der Waals surface area contributed by atoms with Crippen molar-refractivity contribution in [2.24, 2.45) is 0 Å². The van der Waals surface area contributed by atoms with Crippen LogP contribution in [0, 0.1) is 0 Å². The first-order chi connectivity index (χ1) is 18.2. The van der Waals surface area contributed by atoms with Crippen molar-refractivity contribution in [1.29, 1.82) is 0 Å². The maximum Gasteiger partial charge on any atom is 0.339 e. The zero-order chi connectivity index (χ0) is 26.9. The van der Waals surface area contributed by atoms with Gasteiger partial charge in [0.25, 0.3) is 11.8 Å². The molecule has 1 aliphatic heterocycles. The number of hydrogen-bond acceptors (Lipinski definition) is 7. The van der Waals surface area contributed by atoms with Gasteiger partial charge in [-0.15, -0.1) is 0 Å². The SMILES string of the molecule is COc1ccc(N2C(=O)/C(=C\c3ccc(OS(=O)(=O)c4ccc5ccccc5c4)cc3)C(=O)NC2=S)cc1. The summed E-state index contributed by atoms with van der Waals surface area (Å²) < 4.78 is 36.1. The minimum absolute atomic E-state index is 0.0291. The summed E-state index contributed by atoms with van der Waals surface area (Å²) in [7, 11) is -2.55. The molecule has 4 aromatic rings. The molecule has 0 aromatic heterocycles. The molecule has 190 valence electrons. The molecular weight excluding hydrogens is 524 g/mol. The number of carbonyl (C=O) groups is 2. The lowest BCUT2D eigenvalue weighted by Gasteiger charge is -2.29. The van der Waals surface area contributed by atoms with Crippen LogP contribution in [-0.2, 0) is 19.7 Å². The smallest absolute Gasteiger partial charge is 0.339 e. The van der Waals surface area contributed by atoms with Crippen LogP contribution in [0.4, 0.5) is 5.69 Å². The van der Waals surface area contributed by atoms with E-state index in [1.165, 1.54) is 36.3 Å². The number of hydrogen-bond donors (Lipinski definition) is 1. The molecule has 0 radical (unpaired) electrons. The molecule has 0 unspecified atom stereocenters. The van der Waals surface area contributed by atoms with E-state index in [4.69, 9.17) is 21.1 Å². The quantitative estimate of drug-likeness (QED) is 0.166. The number of fused-ring (bicyclic) bond motifs is 1. The monoisotopic (exact) mass is 544 g/mol. The van der Waals surface area contributed by atoms with E-state index in [1.807, 2.05) is 24.3 Å². The molecule has 1 saturated heterocycles. The van der Waals surface area contributed by atoms with E-state index in [9.17, 15) is 18.0 Å². The third kappa shape index (κ3) is 4.99. The van der Waals surface area contributed by atoms with Gasteiger partial charge in [-0.05, 0) is 83.2 Å². The number of nitrogens with zero attached hydrogens (tertiary/aromatic N) is 1. The fourth-order valence-electron chi connectivity index (χ4n) is 3.91. The van der Waals surface area contributed by atoms with Crippen molar-refractivity contribution in [3.63, 3.8) is 0 Å². The first-order valence-corrected chi connectivity index (χ1v) is 13.2. The molecule has 10 heteroatoms. The number of thiocarbonyl (C=S) groups is 1. The Hall–Kier alpha value is -4.54. The highest BCUT2D eigenvalue weighted by atomic mass is 32.2. The predicted molar refractivity (Wildman–Crippen MR) is 147 cm³/mol. The van der Waals surface area contributed by atoms with Crippen molar-refractivity contribution in [3.05, 3.63) is 102 Å². The standard InChI is InChI=1S/C28H20N2O6S2/c1-35-22-13-9-21(10-14-22)30-27(32)25(26(31)29-28(30)37)16-18-6-11-23(12-7-18)36-38(33,34)24-15-8-19-4-2-3-5-20(19)17-24/h2-17H,1H3,(H,29,31,37)/b25-16-. The molecule has 38 heavy (non-hydrogen) atoms. The molecule has 1 N–H and O–H groups in total. The van der Waals surface area contributed by atoms with Gasteiger partial charge in [-0.3, -0.25) is 19.8 Å². The lowest BCUT2D eigenvalue weighted by Crippen LogP contribution is -2.54. The van der Waals surface area contributed by atoms with Crippen LogP contribution in [0.3, 0.4) is 0 Å². The maximum atomic E-state index is 13.2. The molecule has 8 nitrogen and oxygen atoms in total. The zero-order valence-corrected chi connectivity index (χ0v) is 21.6. The number of ether oxygens (including phenoxy) is 1. The van der Waals surface area contributed by atoms with Crippen LogP contribution in [0.15, 0.2) is 101 Å². The average molecular weight is 545 g/mol. The van der Waals surface area contributed by atoms with Crippen LogP contribution in [-0.4, -0.2) is 32.5 Å².